The highest BCUT2D eigenvalue weighted by Gasteiger charge is 2.65. The Morgan fingerprint density at radius 1 is 1.02 bits per heavy atom. The van der Waals surface area contributed by atoms with E-state index in [0.29, 0.717) is 24.3 Å². The number of aliphatic hydroxyl groups is 1. The molecule has 1 aliphatic heterocycles. The molecule has 254 valence electrons. The normalized spacial score (nSPS) is 29.5. The lowest BCUT2D eigenvalue weighted by Crippen LogP contribution is -2.62. The number of rotatable bonds is 9. The van der Waals surface area contributed by atoms with Crippen LogP contribution in [-0.4, -0.2) is 82.5 Å². The summed E-state index contributed by atoms with van der Waals surface area (Å²) in [5.41, 5.74) is 1.13. The minimum absolute atomic E-state index is 0.0344. The highest BCUT2D eigenvalue weighted by atomic mass is 35.5. The van der Waals surface area contributed by atoms with Crippen molar-refractivity contribution >= 4 is 46.2 Å². The fraction of sp³-hybridized carbons (Fsp3) is 0.514. The first-order valence-electron chi connectivity index (χ1n) is 16.9. The fourth-order valence-electron chi connectivity index (χ4n) is 9.77. The van der Waals surface area contributed by atoms with E-state index in [1.807, 2.05) is 48.7 Å². The molecule has 4 saturated carbocycles. The van der Waals surface area contributed by atoms with E-state index in [0.717, 1.165) is 41.3 Å². The summed E-state index contributed by atoms with van der Waals surface area (Å²) < 4.78 is 5.25. The molecule has 3 aromatic rings. The average molecular weight is 675 g/mol. The number of hydrogen-bond donors (Lipinski definition) is 3. The molecule has 5 unspecified atom stereocenters. The molecular weight excluding hydrogens is 632 g/mol. The number of carbonyl (C=O) groups excluding carboxylic acids is 4. The molecule has 5 atom stereocenters. The molecule has 5 fully saturated rings. The van der Waals surface area contributed by atoms with Crippen LogP contribution >= 0.6 is 11.6 Å². The number of β-amino-alcohol motifs (C(OH)–C–C–N with tert-alkyl or cyclic N) is 1. The predicted octanol–water partition coefficient (Wildman–Crippen LogP) is 4.23. The number of likely N-dealkylation sites (N-methyl/N-ethyl adjacent to an activating group) is 1. The van der Waals surface area contributed by atoms with Gasteiger partial charge in [-0.1, -0.05) is 48.0 Å². The number of benzene rings is 2. The number of carbonyl (C=O) groups is 4. The van der Waals surface area contributed by atoms with Gasteiger partial charge in [0.2, 0.25) is 17.7 Å². The van der Waals surface area contributed by atoms with Crippen molar-refractivity contribution in [3.8, 4) is 0 Å². The van der Waals surface area contributed by atoms with Crippen LogP contribution in [0.1, 0.15) is 56.1 Å². The maximum absolute atomic E-state index is 14.6. The smallest absolute Gasteiger partial charge is 0.311 e. The lowest BCUT2D eigenvalue weighted by molar-refractivity contribution is -0.186. The number of aliphatic hydroxyl groups excluding tert-OH is 1. The minimum Gasteiger partial charge on any atom is -0.469 e. The van der Waals surface area contributed by atoms with Crippen LogP contribution in [0, 0.1) is 22.7 Å². The van der Waals surface area contributed by atoms with Gasteiger partial charge in [0.1, 0.15) is 12.1 Å². The van der Waals surface area contributed by atoms with Crippen molar-refractivity contribution < 1.29 is 29.0 Å². The summed E-state index contributed by atoms with van der Waals surface area (Å²) in [5, 5.41) is 15.3. The van der Waals surface area contributed by atoms with Crippen LogP contribution in [0.25, 0.3) is 10.9 Å². The molecule has 48 heavy (non-hydrogen) atoms. The van der Waals surface area contributed by atoms with Gasteiger partial charge in [-0.3, -0.25) is 19.2 Å². The van der Waals surface area contributed by atoms with Gasteiger partial charge in [0, 0.05) is 55.1 Å². The van der Waals surface area contributed by atoms with Crippen LogP contribution < -0.4 is 5.32 Å². The average Bonchev–Trinajstić information content (AvgIpc) is 3.67. The number of esters is 1. The summed E-state index contributed by atoms with van der Waals surface area (Å²) in [5.74, 6) is -0.689. The second kappa shape index (κ2) is 12.5. The minimum atomic E-state index is -0.943. The van der Waals surface area contributed by atoms with Gasteiger partial charge >= 0.3 is 5.97 Å². The number of methoxy groups -OCH3 is 1. The van der Waals surface area contributed by atoms with E-state index < -0.39 is 34.9 Å². The number of halogens is 1. The maximum Gasteiger partial charge on any atom is 0.311 e. The van der Waals surface area contributed by atoms with Crippen LogP contribution in [0.5, 0.6) is 0 Å². The Balaban J connectivity index is 1.14. The third kappa shape index (κ3) is 5.76. The zero-order chi connectivity index (χ0) is 33.8. The molecule has 1 aromatic heterocycles. The van der Waals surface area contributed by atoms with Gasteiger partial charge < -0.3 is 29.9 Å². The van der Waals surface area contributed by atoms with Gasteiger partial charge in [-0.15, -0.1) is 0 Å². The number of para-hydroxylation sites is 1. The molecule has 0 spiro atoms. The van der Waals surface area contributed by atoms with E-state index in [2.05, 4.69) is 10.3 Å². The van der Waals surface area contributed by atoms with E-state index >= 15 is 0 Å². The van der Waals surface area contributed by atoms with Crippen molar-refractivity contribution in [3.63, 3.8) is 0 Å². The molecule has 2 heterocycles. The molecule has 10 nitrogen and oxygen atoms in total. The molecule has 11 heteroatoms. The van der Waals surface area contributed by atoms with Crippen molar-refractivity contribution in [2.45, 2.75) is 76.1 Å². The monoisotopic (exact) mass is 674 g/mol. The molecule has 4 bridgehead atoms. The predicted molar refractivity (Wildman–Crippen MR) is 180 cm³/mol. The number of hydrogen-bond acceptors (Lipinski definition) is 6. The van der Waals surface area contributed by atoms with Crippen molar-refractivity contribution in [3.05, 3.63) is 70.9 Å². The first kappa shape index (κ1) is 32.6. The Morgan fingerprint density at radius 2 is 1.71 bits per heavy atom. The van der Waals surface area contributed by atoms with E-state index in [4.69, 9.17) is 16.3 Å². The van der Waals surface area contributed by atoms with Gasteiger partial charge in [-0.25, -0.2) is 0 Å². The van der Waals surface area contributed by atoms with Crippen LogP contribution in [0.4, 0.5) is 0 Å². The number of amides is 3. The summed E-state index contributed by atoms with van der Waals surface area (Å²) in [4.78, 5) is 62.3. The third-order valence-corrected chi connectivity index (χ3v) is 11.8. The van der Waals surface area contributed by atoms with Crippen LogP contribution in [-0.2, 0) is 36.9 Å². The molecule has 2 aromatic carbocycles. The van der Waals surface area contributed by atoms with Crippen molar-refractivity contribution in [2.75, 3.05) is 20.7 Å². The SMILES string of the molecule is COC(=O)C12CC3CC(C1)CC(C(=O)N1CC(O)CC1C(=O)NC(Cc1c[nH]c4ccccc14)C(=O)N(C)Cc1ccccc1Cl)(C3)C2. The van der Waals surface area contributed by atoms with Crippen molar-refractivity contribution in [2.24, 2.45) is 22.7 Å². The first-order chi connectivity index (χ1) is 23.0. The third-order valence-electron chi connectivity index (χ3n) is 11.4. The van der Waals surface area contributed by atoms with Crippen molar-refractivity contribution in [1.82, 2.24) is 20.1 Å². The summed E-state index contributed by atoms with van der Waals surface area (Å²) in [6, 6.07) is 13.2. The molecule has 3 amide bonds. The Labute approximate surface area is 285 Å². The van der Waals surface area contributed by atoms with Gasteiger partial charge in [0.25, 0.3) is 0 Å². The highest BCUT2D eigenvalue weighted by Crippen LogP contribution is 2.66. The second-order valence-electron chi connectivity index (χ2n) is 14.8. The Hall–Kier alpha value is -3.89. The lowest BCUT2D eigenvalue weighted by Gasteiger charge is -2.60. The van der Waals surface area contributed by atoms with E-state index in [1.165, 1.54) is 12.0 Å². The summed E-state index contributed by atoms with van der Waals surface area (Å²) in [6.45, 7) is 0.283. The Morgan fingerprint density at radius 3 is 2.44 bits per heavy atom. The zero-order valence-electron chi connectivity index (χ0n) is 27.4. The number of likely N-dealkylation sites (tertiary alicyclic amines) is 1. The van der Waals surface area contributed by atoms with E-state index in [1.54, 1.807) is 18.0 Å². The highest BCUT2D eigenvalue weighted by molar-refractivity contribution is 6.31. The Bertz CT molecular complexity index is 1740. The van der Waals surface area contributed by atoms with Gasteiger partial charge in [0.05, 0.1) is 24.0 Å². The second-order valence-corrected chi connectivity index (χ2v) is 15.2. The van der Waals surface area contributed by atoms with Gasteiger partial charge in [-0.2, -0.15) is 0 Å². The molecule has 3 N–H and O–H groups in total. The molecule has 5 aliphatic rings. The van der Waals surface area contributed by atoms with Gasteiger partial charge in [0.15, 0.2) is 0 Å². The van der Waals surface area contributed by atoms with Crippen molar-refractivity contribution in [1.29, 1.82) is 0 Å². The number of H-pyrrole nitrogens is 1. The van der Waals surface area contributed by atoms with Gasteiger partial charge in [-0.05, 0) is 73.6 Å². The summed E-state index contributed by atoms with van der Waals surface area (Å²) in [6.07, 6.45) is 5.50. The number of fused-ring (bicyclic) bond motifs is 1. The quantitative estimate of drug-likeness (QED) is 0.291. The maximum atomic E-state index is 14.6. The summed E-state index contributed by atoms with van der Waals surface area (Å²) >= 11 is 6.41. The molecule has 4 aliphatic carbocycles. The number of aromatic nitrogens is 1. The number of ether oxygens (including phenoxy) is 1. The molecular formula is C37H43ClN4O6. The van der Waals surface area contributed by atoms with E-state index in [-0.39, 0.29) is 55.6 Å². The van der Waals surface area contributed by atoms with Crippen LogP contribution in [0.15, 0.2) is 54.7 Å². The van der Waals surface area contributed by atoms with Crippen LogP contribution in [0.2, 0.25) is 5.02 Å². The molecule has 1 saturated heterocycles. The van der Waals surface area contributed by atoms with Crippen LogP contribution in [0.3, 0.4) is 0 Å². The topological polar surface area (TPSA) is 132 Å². The first-order valence-corrected chi connectivity index (χ1v) is 17.3. The standard InChI is InChI=1S/C37H43ClN4O6/c1-41(19-24-7-3-5-9-28(24)38)33(45)30(12-25-18-39-29-10-6-4-8-27(25)29)40-32(44)31-13-26(43)20-42(31)34(46)36-14-22-11-23(15-36)17-37(16-22,21-36)35(47)48-2/h3-10,18,22-23,26,30-31,39,43H,11-17,19-21H2,1-2H3,(H,40,44). The number of aromatic amines is 1. The largest absolute Gasteiger partial charge is 0.469 e. The zero-order valence-corrected chi connectivity index (χ0v) is 28.2. The number of nitrogens with one attached hydrogen (secondary N) is 2. The molecule has 0 radical (unpaired) electrons. The number of nitrogens with zero attached hydrogens (tertiary/aromatic N) is 2. The van der Waals surface area contributed by atoms with E-state index in [9.17, 15) is 24.3 Å². The Kier molecular flexibility index (Phi) is 8.52. The summed E-state index contributed by atoms with van der Waals surface area (Å²) in [7, 11) is 3.09. The lowest BCUT2D eigenvalue weighted by atomic mass is 9.44. The molecule has 8 rings (SSSR count). The fourth-order valence-corrected chi connectivity index (χ4v) is 9.97.